The van der Waals surface area contributed by atoms with Crippen molar-refractivity contribution in [1.29, 1.82) is 0 Å². The fourth-order valence-electron chi connectivity index (χ4n) is 3.55. The Morgan fingerprint density at radius 1 is 1.17 bits per heavy atom. The summed E-state index contributed by atoms with van der Waals surface area (Å²) < 4.78 is 6.47. The summed E-state index contributed by atoms with van der Waals surface area (Å²) in [5, 5.41) is 0.293. The van der Waals surface area contributed by atoms with Crippen LogP contribution in [0.4, 0.5) is 0 Å². The normalized spacial score (nSPS) is 43.8. The Balaban J connectivity index is 1.97. The monoisotopic (exact) mass is 272 g/mol. The molecule has 2 rings (SSSR count). The molecule has 2 saturated carbocycles. The van der Waals surface area contributed by atoms with Crippen LogP contribution >= 0.6 is 11.6 Å². The molecule has 0 spiro atoms. The van der Waals surface area contributed by atoms with Crippen molar-refractivity contribution in [3.63, 3.8) is 0 Å². The van der Waals surface area contributed by atoms with Gasteiger partial charge in [-0.2, -0.15) is 0 Å². The van der Waals surface area contributed by atoms with E-state index in [1.165, 1.54) is 19.3 Å². The molecule has 18 heavy (non-hydrogen) atoms. The van der Waals surface area contributed by atoms with Gasteiger partial charge in [-0.15, -0.1) is 11.6 Å². The van der Waals surface area contributed by atoms with Crippen molar-refractivity contribution in [3.05, 3.63) is 0 Å². The van der Waals surface area contributed by atoms with Crippen molar-refractivity contribution in [2.24, 2.45) is 23.2 Å². The maximum absolute atomic E-state index is 6.47. The Bertz CT molecular complexity index is 287. The molecule has 2 heteroatoms. The topological polar surface area (TPSA) is 9.23 Å². The quantitative estimate of drug-likeness (QED) is 0.666. The molecule has 0 amide bonds. The summed E-state index contributed by atoms with van der Waals surface area (Å²) >= 11 is 6.30. The maximum Gasteiger partial charge on any atom is 0.0658 e. The molecule has 2 aliphatic carbocycles. The third-order valence-corrected chi connectivity index (χ3v) is 6.10. The van der Waals surface area contributed by atoms with Gasteiger partial charge in [0.05, 0.1) is 12.2 Å². The van der Waals surface area contributed by atoms with Gasteiger partial charge in [0.1, 0.15) is 0 Å². The summed E-state index contributed by atoms with van der Waals surface area (Å²) in [6.45, 7) is 11.5. The molecule has 2 fully saturated rings. The minimum Gasteiger partial charge on any atom is -0.374 e. The predicted molar refractivity (Wildman–Crippen MR) is 78.0 cm³/mol. The lowest BCUT2D eigenvalue weighted by Gasteiger charge is -2.51. The molecule has 0 aromatic rings. The summed E-state index contributed by atoms with van der Waals surface area (Å²) in [7, 11) is 0. The van der Waals surface area contributed by atoms with E-state index < -0.39 is 0 Å². The van der Waals surface area contributed by atoms with E-state index in [1.807, 2.05) is 0 Å². The lowest BCUT2D eigenvalue weighted by atomic mass is 9.68. The summed E-state index contributed by atoms with van der Waals surface area (Å²) in [6.07, 6.45) is 5.81. The average molecular weight is 273 g/mol. The largest absolute Gasteiger partial charge is 0.374 e. The Labute approximate surface area is 118 Å². The van der Waals surface area contributed by atoms with Crippen LogP contribution in [0.5, 0.6) is 0 Å². The number of hydrogen-bond donors (Lipinski definition) is 0. The number of alkyl halides is 1. The average Bonchev–Trinajstić information content (AvgIpc) is 2.28. The summed E-state index contributed by atoms with van der Waals surface area (Å²) in [5.74, 6) is 2.30. The second kappa shape index (κ2) is 5.32. The number of rotatable bonds is 3. The van der Waals surface area contributed by atoms with E-state index in [-0.39, 0.29) is 5.41 Å². The molecule has 0 N–H and O–H groups in total. The minimum atomic E-state index is 0.157. The number of halogens is 1. The highest BCUT2D eigenvalue weighted by Gasteiger charge is 2.49. The highest BCUT2D eigenvalue weighted by atomic mass is 35.5. The molecule has 5 atom stereocenters. The van der Waals surface area contributed by atoms with Gasteiger partial charge in [0, 0.05) is 10.8 Å². The number of ether oxygens (including phenoxy) is 1. The molecule has 106 valence electrons. The molecular formula is C16H29ClO. The Morgan fingerprint density at radius 2 is 1.83 bits per heavy atom. The first-order valence-corrected chi connectivity index (χ1v) is 8.05. The maximum atomic E-state index is 6.47. The fourth-order valence-corrected chi connectivity index (χ4v) is 3.85. The van der Waals surface area contributed by atoms with Gasteiger partial charge in [-0.25, -0.2) is 0 Å². The third kappa shape index (κ3) is 2.72. The second-order valence-electron chi connectivity index (χ2n) is 7.51. The molecule has 0 radical (unpaired) electrons. The smallest absolute Gasteiger partial charge is 0.0658 e. The van der Waals surface area contributed by atoms with Crippen LogP contribution in [0.25, 0.3) is 0 Å². The first kappa shape index (κ1) is 14.7. The van der Waals surface area contributed by atoms with Crippen LogP contribution in [0.3, 0.4) is 0 Å². The van der Waals surface area contributed by atoms with E-state index in [0.717, 1.165) is 24.2 Å². The van der Waals surface area contributed by atoms with Crippen LogP contribution in [0, 0.1) is 23.2 Å². The minimum absolute atomic E-state index is 0.157. The first-order chi connectivity index (χ1) is 8.32. The van der Waals surface area contributed by atoms with Gasteiger partial charge >= 0.3 is 0 Å². The van der Waals surface area contributed by atoms with E-state index >= 15 is 0 Å². The molecule has 5 unspecified atom stereocenters. The fraction of sp³-hybridized carbons (Fsp3) is 1.00. The Kier molecular flexibility index (Phi) is 4.33. The van der Waals surface area contributed by atoms with Gasteiger partial charge < -0.3 is 4.74 Å². The first-order valence-electron chi connectivity index (χ1n) is 7.62. The highest BCUT2D eigenvalue weighted by molar-refractivity contribution is 6.21. The van der Waals surface area contributed by atoms with E-state index in [1.54, 1.807) is 0 Å². The summed E-state index contributed by atoms with van der Waals surface area (Å²) in [6, 6.07) is 0. The van der Waals surface area contributed by atoms with Crippen LogP contribution in [0.15, 0.2) is 0 Å². The van der Waals surface area contributed by atoms with Crippen LogP contribution in [-0.4, -0.2) is 17.6 Å². The van der Waals surface area contributed by atoms with Crippen molar-refractivity contribution in [2.75, 3.05) is 0 Å². The van der Waals surface area contributed by atoms with Crippen LogP contribution < -0.4 is 0 Å². The van der Waals surface area contributed by atoms with Crippen LogP contribution in [-0.2, 0) is 4.74 Å². The molecule has 0 saturated heterocycles. The third-order valence-electron chi connectivity index (χ3n) is 5.36. The number of hydrogen-bond acceptors (Lipinski definition) is 1. The molecular weight excluding hydrogens is 244 g/mol. The predicted octanol–water partition coefficient (Wildman–Crippen LogP) is 4.87. The zero-order chi connectivity index (χ0) is 13.5. The van der Waals surface area contributed by atoms with Crippen molar-refractivity contribution in [3.8, 4) is 0 Å². The zero-order valence-electron chi connectivity index (χ0n) is 12.6. The standard InChI is InChI=1S/C16H29ClO/c1-10(2)12-7-6-11(3)8-13(12)18-15-9-14(17)16(15,4)5/h10-15H,6-9H2,1-5H3. The summed E-state index contributed by atoms with van der Waals surface area (Å²) in [4.78, 5) is 0. The van der Waals surface area contributed by atoms with Crippen molar-refractivity contribution in [2.45, 2.75) is 77.9 Å². The van der Waals surface area contributed by atoms with E-state index in [0.29, 0.717) is 17.6 Å². The molecule has 1 nitrogen and oxygen atoms in total. The van der Waals surface area contributed by atoms with Gasteiger partial charge in [0.2, 0.25) is 0 Å². The molecule has 0 bridgehead atoms. The molecule has 0 aliphatic heterocycles. The summed E-state index contributed by atoms with van der Waals surface area (Å²) in [5.41, 5.74) is 0.157. The van der Waals surface area contributed by atoms with Crippen molar-refractivity contribution < 1.29 is 4.74 Å². The lowest BCUT2D eigenvalue weighted by molar-refractivity contribution is -0.158. The van der Waals surface area contributed by atoms with Gasteiger partial charge in [-0.1, -0.05) is 41.0 Å². The van der Waals surface area contributed by atoms with Crippen LogP contribution in [0.1, 0.15) is 60.3 Å². The van der Waals surface area contributed by atoms with E-state index in [9.17, 15) is 0 Å². The van der Waals surface area contributed by atoms with Gasteiger partial charge in [-0.3, -0.25) is 0 Å². The van der Waals surface area contributed by atoms with Gasteiger partial charge in [-0.05, 0) is 37.0 Å². The SMILES string of the molecule is CC1CCC(C(C)C)C(OC2CC(Cl)C2(C)C)C1. The van der Waals surface area contributed by atoms with Crippen molar-refractivity contribution in [1.82, 2.24) is 0 Å². The van der Waals surface area contributed by atoms with Crippen LogP contribution in [0.2, 0.25) is 0 Å². The molecule has 0 aromatic carbocycles. The Hall–Kier alpha value is 0.250. The molecule has 0 aromatic heterocycles. The van der Waals surface area contributed by atoms with Crippen molar-refractivity contribution >= 4 is 11.6 Å². The zero-order valence-corrected chi connectivity index (χ0v) is 13.3. The lowest BCUT2D eigenvalue weighted by Crippen LogP contribution is -2.54. The molecule has 2 aliphatic rings. The second-order valence-corrected chi connectivity index (χ2v) is 8.04. The van der Waals surface area contributed by atoms with E-state index in [2.05, 4.69) is 34.6 Å². The Morgan fingerprint density at radius 3 is 2.33 bits per heavy atom. The van der Waals surface area contributed by atoms with Gasteiger partial charge in [0.15, 0.2) is 0 Å². The van der Waals surface area contributed by atoms with Gasteiger partial charge in [0.25, 0.3) is 0 Å². The molecule has 0 heterocycles. The van der Waals surface area contributed by atoms with E-state index in [4.69, 9.17) is 16.3 Å². The highest BCUT2D eigenvalue weighted by Crippen LogP contribution is 2.48.